The smallest absolute Gasteiger partial charge is 0.407 e. The van der Waals surface area contributed by atoms with Gasteiger partial charge in [-0.05, 0) is 24.8 Å². The Balaban J connectivity index is 1.55. The molecule has 1 aliphatic carbocycles. The van der Waals surface area contributed by atoms with Gasteiger partial charge in [-0.1, -0.05) is 68.5 Å². The first kappa shape index (κ1) is 34.5. The van der Waals surface area contributed by atoms with Gasteiger partial charge in [0.05, 0.1) is 18.6 Å². The summed E-state index contributed by atoms with van der Waals surface area (Å²) in [6, 6.07) is 5.38. The summed E-state index contributed by atoms with van der Waals surface area (Å²) in [7, 11) is 0. The number of amides is 3. The molecule has 13 nitrogen and oxygen atoms in total. The van der Waals surface area contributed by atoms with Crippen LogP contribution in [0.2, 0.25) is 0 Å². The molecule has 0 saturated heterocycles. The Morgan fingerprint density at radius 1 is 1.00 bits per heavy atom. The SMILES string of the molecule is CC(C)[C@H](NC(=O)OCC1C=CC=CC1)C(=O)N[C@@H](C)C(=O)N[C@@H](CC(=O)O)C(=O)COC1=C(Cc2ccccc2)C(=O)OC1. The molecule has 0 saturated carbocycles. The van der Waals surface area contributed by atoms with E-state index in [0.717, 1.165) is 12.0 Å². The molecule has 1 unspecified atom stereocenters. The zero-order chi connectivity index (χ0) is 32.9. The van der Waals surface area contributed by atoms with Crippen molar-refractivity contribution in [2.45, 2.75) is 58.2 Å². The summed E-state index contributed by atoms with van der Waals surface area (Å²) in [6.45, 7) is 4.09. The van der Waals surface area contributed by atoms with E-state index in [0.29, 0.717) is 0 Å². The molecule has 1 aromatic carbocycles. The fourth-order valence-corrected chi connectivity index (χ4v) is 4.50. The maximum absolute atomic E-state index is 13.0. The molecule has 2 aliphatic rings. The van der Waals surface area contributed by atoms with Gasteiger partial charge in [0, 0.05) is 12.3 Å². The zero-order valence-corrected chi connectivity index (χ0v) is 25.4. The van der Waals surface area contributed by atoms with E-state index in [4.69, 9.17) is 14.2 Å². The van der Waals surface area contributed by atoms with Gasteiger partial charge in [-0.2, -0.15) is 0 Å². The molecule has 242 valence electrons. The number of ketones is 1. The van der Waals surface area contributed by atoms with Crippen LogP contribution < -0.4 is 16.0 Å². The number of carbonyl (C=O) groups is 6. The molecule has 0 bridgehead atoms. The maximum atomic E-state index is 13.0. The van der Waals surface area contributed by atoms with Crippen LogP contribution in [0.15, 0.2) is 66.0 Å². The number of ether oxygens (including phenoxy) is 3. The third-order valence-corrected chi connectivity index (χ3v) is 7.09. The lowest BCUT2D eigenvalue weighted by atomic mass is 10.0. The van der Waals surface area contributed by atoms with Crippen molar-refractivity contribution in [3.63, 3.8) is 0 Å². The van der Waals surface area contributed by atoms with E-state index in [1.54, 1.807) is 13.8 Å². The second kappa shape index (κ2) is 16.8. The van der Waals surface area contributed by atoms with Gasteiger partial charge in [-0.15, -0.1) is 0 Å². The van der Waals surface area contributed by atoms with E-state index in [9.17, 15) is 33.9 Å². The van der Waals surface area contributed by atoms with E-state index < -0.39 is 66.8 Å². The van der Waals surface area contributed by atoms with Crippen LogP contribution in [0.25, 0.3) is 0 Å². The lowest BCUT2D eigenvalue weighted by Gasteiger charge is -2.25. The van der Waals surface area contributed by atoms with Gasteiger partial charge < -0.3 is 35.3 Å². The summed E-state index contributed by atoms with van der Waals surface area (Å²) in [5.74, 6) is -4.37. The minimum atomic E-state index is -1.48. The van der Waals surface area contributed by atoms with Gasteiger partial charge in [0.25, 0.3) is 0 Å². The number of hydrogen-bond donors (Lipinski definition) is 4. The molecule has 1 aliphatic heterocycles. The molecule has 4 atom stereocenters. The Kier molecular flexibility index (Phi) is 12.9. The Labute approximate surface area is 261 Å². The highest BCUT2D eigenvalue weighted by molar-refractivity contribution is 5.96. The van der Waals surface area contributed by atoms with Gasteiger partial charge >= 0.3 is 18.0 Å². The number of cyclic esters (lactones) is 1. The van der Waals surface area contributed by atoms with E-state index in [1.807, 2.05) is 54.6 Å². The van der Waals surface area contributed by atoms with Crippen LogP contribution in [-0.2, 0) is 44.6 Å². The number of rotatable bonds is 16. The predicted molar refractivity (Wildman–Crippen MR) is 160 cm³/mol. The second-order valence-electron chi connectivity index (χ2n) is 11.1. The van der Waals surface area contributed by atoms with Gasteiger partial charge in [-0.25, -0.2) is 9.59 Å². The lowest BCUT2D eigenvalue weighted by molar-refractivity contribution is -0.141. The highest BCUT2D eigenvalue weighted by Crippen LogP contribution is 2.21. The monoisotopic (exact) mass is 625 g/mol. The summed E-state index contributed by atoms with van der Waals surface area (Å²) in [5.41, 5.74) is 1.07. The number of carboxylic acid groups (broad SMARTS) is 1. The van der Waals surface area contributed by atoms with Crippen molar-refractivity contribution >= 4 is 35.6 Å². The van der Waals surface area contributed by atoms with Crippen LogP contribution in [0.3, 0.4) is 0 Å². The number of benzene rings is 1. The third kappa shape index (κ3) is 10.9. The Morgan fingerprint density at radius 3 is 2.38 bits per heavy atom. The number of aliphatic carboxylic acids is 1. The van der Waals surface area contributed by atoms with Crippen molar-refractivity contribution < 1.29 is 48.1 Å². The normalized spacial score (nSPS) is 17.6. The first-order chi connectivity index (χ1) is 21.4. The average molecular weight is 626 g/mol. The van der Waals surface area contributed by atoms with Gasteiger partial charge in [0.15, 0.2) is 5.78 Å². The van der Waals surface area contributed by atoms with Crippen molar-refractivity contribution in [2.24, 2.45) is 11.8 Å². The fraction of sp³-hybridized carbons (Fsp3) is 0.438. The van der Waals surface area contributed by atoms with E-state index in [1.165, 1.54) is 6.92 Å². The quantitative estimate of drug-likeness (QED) is 0.198. The van der Waals surface area contributed by atoms with Crippen LogP contribution in [0, 0.1) is 11.8 Å². The molecule has 3 amide bonds. The molecule has 0 spiro atoms. The van der Waals surface area contributed by atoms with Crippen molar-refractivity contribution in [2.75, 3.05) is 19.8 Å². The largest absolute Gasteiger partial charge is 0.486 e. The van der Waals surface area contributed by atoms with Gasteiger partial charge in [0.1, 0.15) is 37.1 Å². The van der Waals surface area contributed by atoms with E-state index in [-0.39, 0.29) is 42.8 Å². The number of carbonyl (C=O) groups excluding carboxylic acids is 5. The van der Waals surface area contributed by atoms with Crippen molar-refractivity contribution in [1.29, 1.82) is 0 Å². The molecular formula is C32H39N3O10. The van der Waals surface area contributed by atoms with Crippen LogP contribution in [0.1, 0.15) is 39.2 Å². The number of nitrogens with one attached hydrogen (secondary N) is 3. The summed E-state index contributed by atoms with van der Waals surface area (Å²) in [5, 5.41) is 16.7. The minimum Gasteiger partial charge on any atom is -0.486 e. The van der Waals surface area contributed by atoms with Gasteiger partial charge in [0.2, 0.25) is 11.8 Å². The summed E-state index contributed by atoms with van der Waals surface area (Å²) < 4.78 is 15.9. The molecule has 3 rings (SSSR count). The van der Waals surface area contributed by atoms with E-state index >= 15 is 0 Å². The van der Waals surface area contributed by atoms with Crippen LogP contribution in [0.5, 0.6) is 0 Å². The number of carboxylic acids is 1. The predicted octanol–water partition coefficient (Wildman–Crippen LogP) is 1.97. The Hall–Kier alpha value is -4.94. The summed E-state index contributed by atoms with van der Waals surface area (Å²) >= 11 is 0. The number of hydrogen-bond acceptors (Lipinski definition) is 9. The number of esters is 1. The first-order valence-electron chi connectivity index (χ1n) is 14.6. The molecule has 0 fully saturated rings. The molecule has 1 heterocycles. The number of allylic oxidation sites excluding steroid dienone is 3. The zero-order valence-electron chi connectivity index (χ0n) is 25.4. The first-order valence-corrected chi connectivity index (χ1v) is 14.6. The standard InChI is InChI=1S/C32H39N3O10/c1-19(2)28(35-32(42)45-16-22-12-8-5-9-13-22)30(40)33-20(3)29(39)34-24(15-27(37)38)25(36)17-43-26-18-44-31(41)23(26)14-21-10-6-4-7-11-21/h4-12,19-20,22,24,28H,13-18H2,1-3H3,(H,33,40)(H,34,39)(H,35,42)(H,37,38)/t20-,22?,24-,28-/m0/s1. The van der Waals surface area contributed by atoms with Crippen molar-refractivity contribution in [3.8, 4) is 0 Å². The van der Waals surface area contributed by atoms with Crippen LogP contribution >= 0.6 is 0 Å². The van der Waals surface area contributed by atoms with Crippen molar-refractivity contribution in [1.82, 2.24) is 16.0 Å². The lowest BCUT2D eigenvalue weighted by Crippen LogP contribution is -2.56. The maximum Gasteiger partial charge on any atom is 0.407 e. The number of Topliss-reactive ketones (excluding diaryl/α,β-unsaturated/α-hetero) is 1. The molecule has 0 radical (unpaired) electrons. The second-order valence-corrected chi connectivity index (χ2v) is 11.1. The molecular weight excluding hydrogens is 586 g/mol. The highest BCUT2D eigenvalue weighted by atomic mass is 16.6. The van der Waals surface area contributed by atoms with Crippen LogP contribution in [-0.4, -0.2) is 78.7 Å². The topological polar surface area (TPSA) is 186 Å². The Bertz CT molecular complexity index is 1350. The number of alkyl carbamates (subject to hydrolysis) is 1. The Morgan fingerprint density at radius 2 is 1.73 bits per heavy atom. The van der Waals surface area contributed by atoms with Crippen molar-refractivity contribution in [3.05, 3.63) is 71.5 Å². The molecule has 45 heavy (non-hydrogen) atoms. The molecule has 13 heteroatoms. The molecule has 4 N–H and O–H groups in total. The average Bonchev–Trinajstić information content (AvgIpc) is 3.35. The molecule has 1 aromatic rings. The summed E-state index contributed by atoms with van der Waals surface area (Å²) in [6.07, 6.45) is 7.05. The fourth-order valence-electron chi connectivity index (χ4n) is 4.50. The molecule has 0 aromatic heterocycles. The highest BCUT2D eigenvalue weighted by Gasteiger charge is 2.32. The third-order valence-electron chi connectivity index (χ3n) is 7.09. The van der Waals surface area contributed by atoms with Gasteiger partial charge in [-0.3, -0.25) is 19.2 Å². The van der Waals surface area contributed by atoms with E-state index in [2.05, 4.69) is 16.0 Å². The summed E-state index contributed by atoms with van der Waals surface area (Å²) in [4.78, 5) is 74.9. The minimum absolute atomic E-state index is 0.0321. The van der Waals surface area contributed by atoms with Crippen LogP contribution in [0.4, 0.5) is 4.79 Å².